The number of aliphatic hydroxyl groups is 2. The van der Waals surface area contributed by atoms with E-state index in [1.165, 1.54) is 0 Å². The first kappa shape index (κ1) is 42.9. The Morgan fingerprint density at radius 2 is 0.683 bits per heavy atom. The molecule has 0 aliphatic carbocycles. The lowest BCUT2D eigenvalue weighted by Crippen LogP contribution is -2.31. The minimum Gasteiger partial charge on any atom is -0.376 e. The number of sulfonamides is 2. The van der Waals surface area contributed by atoms with Crippen molar-refractivity contribution >= 4 is 31.4 Å². The van der Waals surface area contributed by atoms with E-state index < -0.39 is 31.2 Å². The van der Waals surface area contributed by atoms with Gasteiger partial charge in [0.1, 0.15) is 11.2 Å². The molecule has 0 aliphatic heterocycles. The average Bonchev–Trinajstić information content (AvgIpc) is 3.30. The van der Waals surface area contributed by atoms with Crippen LogP contribution in [0.2, 0.25) is 0 Å². The molecule has 0 saturated heterocycles. The Morgan fingerprint density at radius 3 is 0.968 bits per heavy atom. The third kappa shape index (κ3) is 8.80. The molecule has 0 atom stereocenters. The quantitative estimate of drug-likeness (QED) is 0.0805. The molecule has 0 heterocycles. The Balaban J connectivity index is 1.30. The summed E-state index contributed by atoms with van der Waals surface area (Å²) in [5, 5.41) is 26.2. The van der Waals surface area contributed by atoms with Crippen LogP contribution >= 0.6 is 0 Å². The number of hydrogen-bond acceptors (Lipinski definition) is 6. The molecule has 63 heavy (non-hydrogen) atoms. The van der Waals surface area contributed by atoms with E-state index in [9.17, 15) is 27.0 Å². The SMILES string of the molecule is Cc1ccc(S(=O)(=O)Nc2ccc(Cc3ccc(NS(=O)(=O)c4ccc(C)cc4)c(C(O)(c4ccccc4)c4ccccc4)c3)cc2C(O)(c2ccccc2)c2ccccc2)cc1. The molecule has 0 saturated carbocycles. The first-order chi connectivity index (χ1) is 30.3. The normalized spacial score (nSPS) is 12.1. The van der Waals surface area contributed by atoms with Crippen LogP contribution in [0.15, 0.2) is 216 Å². The van der Waals surface area contributed by atoms with E-state index in [1.807, 2.05) is 86.6 Å². The fourth-order valence-corrected chi connectivity index (χ4v) is 10.1. The summed E-state index contributed by atoms with van der Waals surface area (Å²) in [6.07, 6.45) is 0.245. The predicted molar refractivity (Wildman–Crippen MR) is 250 cm³/mol. The lowest BCUT2D eigenvalue weighted by atomic mass is 9.78. The molecular weight excluding hydrogens is 825 g/mol. The van der Waals surface area contributed by atoms with Crippen LogP contribution in [-0.2, 0) is 37.7 Å². The van der Waals surface area contributed by atoms with E-state index >= 15 is 0 Å². The third-order valence-corrected chi connectivity index (χ3v) is 14.0. The second-order valence-corrected chi connectivity index (χ2v) is 19.0. The summed E-state index contributed by atoms with van der Waals surface area (Å²) in [4.78, 5) is 0.141. The van der Waals surface area contributed by atoms with Crippen molar-refractivity contribution in [2.24, 2.45) is 0 Å². The topological polar surface area (TPSA) is 133 Å². The molecule has 0 unspecified atom stereocenters. The van der Waals surface area contributed by atoms with Gasteiger partial charge in [0.15, 0.2) is 0 Å². The lowest BCUT2D eigenvalue weighted by molar-refractivity contribution is 0.126. The molecule has 8 aromatic rings. The molecule has 0 spiro atoms. The number of hydrogen-bond donors (Lipinski definition) is 4. The van der Waals surface area contributed by atoms with E-state index in [2.05, 4.69) is 9.44 Å². The first-order valence-corrected chi connectivity index (χ1v) is 23.4. The number of aryl methyl sites for hydroxylation is 2. The van der Waals surface area contributed by atoms with Gasteiger partial charge >= 0.3 is 0 Å². The largest absolute Gasteiger partial charge is 0.376 e. The Bertz CT molecular complexity index is 2780. The van der Waals surface area contributed by atoms with Gasteiger partial charge in [-0.3, -0.25) is 9.44 Å². The van der Waals surface area contributed by atoms with Crippen molar-refractivity contribution in [3.8, 4) is 0 Å². The average molecular weight is 871 g/mol. The van der Waals surface area contributed by atoms with Gasteiger partial charge in [0.25, 0.3) is 20.0 Å². The molecule has 0 fully saturated rings. The van der Waals surface area contributed by atoms with Crippen molar-refractivity contribution < 1.29 is 27.0 Å². The number of anilines is 2. The lowest BCUT2D eigenvalue weighted by Gasteiger charge is -2.33. The Kier molecular flexibility index (Phi) is 11.9. The molecule has 0 radical (unpaired) electrons. The van der Waals surface area contributed by atoms with Crippen molar-refractivity contribution in [2.75, 3.05) is 9.44 Å². The monoisotopic (exact) mass is 870 g/mol. The van der Waals surface area contributed by atoms with Gasteiger partial charge < -0.3 is 10.2 Å². The molecule has 10 heteroatoms. The molecule has 4 N–H and O–H groups in total. The summed E-state index contributed by atoms with van der Waals surface area (Å²) in [6.45, 7) is 3.76. The molecular formula is C53H46N2O6S2. The van der Waals surface area contributed by atoms with E-state index in [-0.39, 0.29) is 27.6 Å². The van der Waals surface area contributed by atoms with Crippen LogP contribution in [0.4, 0.5) is 11.4 Å². The number of benzene rings is 8. The summed E-state index contributed by atoms with van der Waals surface area (Å²) in [5.74, 6) is 0. The van der Waals surface area contributed by atoms with E-state index in [1.54, 1.807) is 133 Å². The maximum absolute atomic E-state index is 14.0. The first-order valence-electron chi connectivity index (χ1n) is 20.4. The van der Waals surface area contributed by atoms with Crippen molar-refractivity contribution in [3.05, 3.63) is 262 Å². The molecule has 0 amide bonds. The van der Waals surface area contributed by atoms with Crippen molar-refractivity contribution in [1.82, 2.24) is 0 Å². The third-order valence-electron chi connectivity index (χ3n) is 11.3. The second-order valence-electron chi connectivity index (χ2n) is 15.7. The zero-order valence-corrected chi connectivity index (χ0v) is 36.3. The van der Waals surface area contributed by atoms with Gasteiger partial charge in [0.05, 0.1) is 21.2 Å². The molecule has 316 valence electrons. The number of rotatable bonds is 14. The fraction of sp³-hybridized carbons (Fsp3) is 0.0943. The molecule has 8 nitrogen and oxygen atoms in total. The summed E-state index contributed by atoms with van der Waals surface area (Å²) in [5.41, 5.74) is 2.60. The highest BCUT2D eigenvalue weighted by Crippen LogP contribution is 2.44. The van der Waals surface area contributed by atoms with Gasteiger partial charge in [0.2, 0.25) is 0 Å². The maximum atomic E-state index is 14.0. The molecule has 8 aromatic carbocycles. The minimum absolute atomic E-state index is 0.0704. The van der Waals surface area contributed by atoms with Crippen LogP contribution in [0, 0.1) is 13.8 Å². The van der Waals surface area contributed by atoms with Crippen LogP contribution in [0.5, 0.6) is 0 Å². The predicted octanol–water partition coefficient (Wildman–Crippen LogP) is 10.1. The minimum atomic E-state index is -4.11. The molecule has 0 aromatic heterocycles. The Labute approximate surface area is 369 Å². The highest BCUT2D eigenvalue weighted by molar-refractivity contribution is 7.93. The zero-order chi connectivity index (χ0) is 44.2. The van der Waals surface area contributed by atoms with Gasteiger partial charge in [-0.05, 0) is 102 Å². The molecule has 0 aliphatic rings. The summed E-state index contributed by atoms with van der Waals surface area (Å²) >= 11 is 0. The van der Waals surface area contributed by atoms with E-state index in [0.717, 1.165) is 11.1 Å². The van der Waals surface area contributed by atoms with Crippen LogP contribution in [0.3, 0.4) is 0 Å². The van der Waals surface area contributed by atoms with Gasteiger partial charge in [-0.15, -0.1) is 0 Å². The van der Waals surface area contributed by atoms with E-state index in [4.69, 9.17) is 0 Å². The van der Waals surface area contributed by atoms with Gasteiger partial charge in [-0.2, -0.15) is 0 Å². The van der Waals surface area contributed by atoms with Crippen molar-refractivity contribution in [1.29, 1.82) is 0 Å². The summed E-state index contributed by atoms with van der Waals surface area (Å²) in [6, 6.07) is 59.9. The van der Waals surface area contributed by atoms with Crippen LogP contribution in [0.1, 0.15) is 55.6 Å². The van der Waals surface area contributed by atoms with Gasteiger partial charge in [-0.25, -0.2) is 16.8 Å². The number of nitrogens with one attached hydrogen (secondary N) is 2. The maximum Gasteiger partial charge on any atom is 0.261 e. The molecule has 0 bridgehead atoms. The summed E-state index contributed by atoms with van der Waals surface area (Å²) in [7, 11) is -8.22. The van der Waals surface area contributed by atoms with Crippen LogP contribution < -0.4 is 9.44 Å². The second kappa shape index (κ2) is 17.5. The standard InChI is InChI=1S/C53H46N2O6S2/c1-38-23-29-46(30-24-38)62(58,59)54-50-33-27-40(36-48(50)52(56,42-15-7-3-8-16-42)43-17-9-4-10-18-43)35-41-28-34-51(55-63(60,61)47-31-25-39(2)26-32-47)49(37-41)53(57,44-19-11-5-12-20-44)45-21-13-6-14-22-45/h3-34,36-37,54-57H,35H2,1-2H3. The van der Waals surface area contributed by atoms with Crippen molar-refractivity contribution in [2.45, 2.75) is 41.3 Å². The zero-order valence-electron chi connectivity index (χ0n) is 34.7. The molecule has 8 rings (SSSR count). The van der Waals surface area contributed by atoms with E-state index in [0.29, 0.717) is 44.5 Å². The van der Waals surface area contributed by atoms with Crippen LogP contribution in [-0.4, -0.2) is 27.0 Å². The highest BCUT2D eigenvalue weighted by atomic mass is 32.2. The summed E-state index contributed by atoms with van der Waals surface area (Å²) < 4.78 is 61.5. The van der Waals surface area contributed by atoms with Crippen molar-refractivity contribution in [3.63, 3.8) is 0 Å². The van der Waals surface area contributed by atoms with Gasteiger partial charge in [-0.1, -0.05) is 169 Å². The Hall–Kier alpha value is -6.82. The van der Waals surface area contributed by atoms with Crippen LogP contribution in [0.25, 0.3) is 0 Å². The fourth-order valence-electron chi connectivity index (χ4n) is 7.93. The smallest absolute Gasteiger partial charge is 0.261 e. The van der Waals surface area contributed by atoms with Gasteiger partial charge in [0, 0.05) is 11.1 Å². The highest BCUT2D eigenvalue weighted by Gasteiger charge is 2.39. The Morgan fingerprint density at radius 1 is 0.397 bits per heavy atom.